The molecule has 2 fully saturated rings. The maximum Gasteiger partial charge on any atom is 0.454 e. The van der Waals surface area contributed by atoms with Gasteiger partial charge in [-0.3, -0.25) is 0 Å². The molecule has 3 unspecified atom stereocenters. The summed E-state index contributed by atoms with van der Waals surface area (Å²) in [5, 5.41) is 2.37. The molecule has 0 saturated heterocycles. The minimum atomic E-state index is -5.57. The van der Waals surface area contributed by atoms with Crippen molar-refractivity contribution in [2.75, 3.05) is 19.7 Å². The number of hydrogen-bond donors (Lipinski definition) is 1. The van der Waals surface area contributed by atoms with E-state index in [0.29, 0.717) is 5.92 Å². The van der Waals surface area contributed by atoms with Gasteiger partial charge in [0.05, 0.1) is 31.5 Å². The zero-order chi connectivity index (χ0) is 37.4. The van der Waals surface area contributed by atoms with Crippen molar-refractivity contribution >= 4 is 16.6 Å². The summed E-state index contributed by atoms with van der Waals surface area (Å²) in [6, 6.07) is 0. The van der Waals surface area contributed by atoms with Gasteiger partial charge in [0, 0.05) is 13.0 Å². The molecule has 49 heavy (non-hydrogen) atoms. The molecule has 3 aliphatic rings. The average Bonchev–Trinajstić information content (AvgIpc) is 3.29. The number of allylic oxidation sites excluding steroid dienone is 4. The normalized spacial score (nSPS) is 28.6. The van der Waals surface area contributed by atoms with Crippen LogP contribution in [0.5, 0.6) is 0 Å². The van der Waals surface area contributed by atoms with Gasteiger partial charge in [0.1, 0.15) is 0 Å². The van der Waals surface area contributed by atoms with Gasteiger partial charge in [-0.25, -0.2) is 0 Å². The summed E-state index contributed by atoms with van der Waals surface area (Å²) in [6.45, 7) is 30.2. The van der Waals surface area contributed by atoms with Gasteiger partial charge in [-0.15, -0.1) is 0 Å². The van der Waals surface area contributed by atoms with E-state index in [1.54, 1.807) is 0 Å². The number of ether oxygens (including phenoxy) is 1. The molecule has 4 nitrogen and oxygen atoms in total. The van der Waals surface area contributed by atoms with E-state index >= 15 is 0 Å². The van der Waals surface area contributed by atoms with Crippen LogP contribution in [0, 0.1) is 11.3 Å². The molecule has 0 aliphatic heterocycles. The molecule has 282 valence electrons. The van der Waals surface area contributed by atoms with E-state index in [1.165, 1.54) is 16.7 Å². The van der Waals surface area contributed by atoms with E-state index in [0.717, 1.165) is 44.1 Å². The summed E-state index contributed by atoms with van der Waals surface area (Å²) in [5.41, 5.74) is 4.74. The molecule has 11 heteroatoms. The molecular formula is C38H64F5NO3Si2. The first-order valence-corrected chi connectivity index (χ1v) is 23.9. The molecule has 0 radical (unpaired) electrons. The van der Waals surface area contributed by atoms with Crippen molar-refractivity contribution in [1.29, 1.82) is 0 Å². The van der Waals surface area contributed by atoms with Crippen LogP contribution in [-0.4, -0.2) is 66.7 Å². The van der Waals surface area contributed by atoms with Gasteiger partial charge >= 0.3 is 12.1 Å². The Labute approximate surface area is 295 Å². The van der Waals surface area contributed by atoms with Crippen LogP contribution in [0.15, 0.2) is 47.1 Å². The van der Waals surface area contributed by atoms with E-state index in [1.807, 2.05) is 6.92 Å². The lowest BCUT2D eigenvalue weighted by molar-refractivity contribution is -0.279. The standard InChI is InChI=1S/C38H64F5NO3Si2/c1-26-29(23-30(46-48(10,11)34(3,4)5)24-33(26)47-49(12,13)35(6,7)8)17-16-28-15-14-20-36(9)31(18-19-32(28)36)27(2)45-22-21-44-25-37(39,40)38(41,42)43/h16-18,27,30,32-33,44H,1,14-15,19-25H2,2-13H3/b28-16+,29-17-/t27-,30?,32?,33?,36+/m0/s1. The largest absolute Gasteiger partial charge is 0.454 e. The number of nitrogens with one attached hydrogen (secondary N) is 1. The highest BCUT2D eigenvalue weighted by molar-refractivity contribution is 6.74. The van der Waals surface area contributed by atoms with Crippen LogP contribution in [0.2, 0.25) is 36.3 Å². The summed E-state index contributed by atoms with van der Waals surface area (Å²) in [6.07, 6.45) is 6.55. The van der Waals surface area contributed by atoms with Gasteiger partial charge in [-0.1, -0.05) is 78.8 Å². The van der Waals surface area contributed by atoms with Gasteiger partial charge in [0.2, 0.25) is 0 Å². The van der Waals surface area contributed by atoms with Crippen LogP contribution < -0.4 is 5.32 Å². The van der Waals surface area contributed by atoms with Crippen LogP contribution in [0.1, 0.15) is 93.9 Å². The van der Waals surface area contributed by atoms with Crippen molar-refractivity contribution < 1.29 is 35.5 Å². The van der Waals surface area contributed by atoms with Crippen molar-refractivity contribution in [3.8, 4) is 0 Å². The number of alkyl halides is 5. The number of halogens is 5. The molecule has 0 aromatic rings. The quantitative estimate of drug-likeness (QED) is 0.0938. The fourth-order valence-electron chi connectivity index (χ4n) is 6.99. The third-order valence-corrected chi connectivity index (χ3v) is 21.2. The van der Waals surface area contributed by atoms with E-state index in [2.05, 4.69) is 105 Å². The highest BCUT2D eigenvalue weighted by Crippen LogP contribution is 2.56. The Balaban J connectivity index is 1.77. The van der Waals surface area contributed by atoms with Crippen molar-refractivity contribution in [2.24, 2.45) is 11.3 Å². The Kier molecular flexibility index (Phi) is 13.0. The summed E-state index contributed by atoms with van der Waals surface area (Å²) in [5.74, 6) is -4.45. The Morgan fingerprint density at radius 3 is 2.14 bits per heavy atom. The molecule has 3 rings (SSSR count). The molecule has 0 heterocycles. The molecule has 0 aromatic heterocycles. The predicted molar refractivity (Wildman–Crippen MR) is 196 cm³/mol. The van der Waals surface area contributed by atoms with Gasteiger partial charge in [-0.2, -0.15) is 22.0 Å². The zero-order valence-corrected chi connectivity index (χ0v) is 34.2. The van der Waals surface area contributed by atoms with Crippen molar-refractivity contribution in [2.45, 2.75) is 161 Å². The highest BCUT2D eigenvalue weighted by Gasteiger charge is 2.57. The van der Waals surface area contributed by atoms with Crippen molar-refractivity contribution in [1.82, 2.24) is 5.32 Å². The first-order chi connectivity index (χ1) is 22.1. The molecule has 1 N–H and O–H groups in total. The number of rotatable bonds is 12. The fraction of sp³-hybridized carbons (Fsp3) is 0.789. The second-order valence-electron chi connectivity index (χ2n) is 17.9. The van der Waals surface area contributed by atoms with Gasteiger partial charge in [-0.05, 0) is 103 Å². The first kappa shape index (κ1) is 42.3. The van der Waals surface area contributed by atoms with E-state index in [4.69, 9.17) is 13.6 Å². The lowest BCUT2D eigenvalue weighted by Gasteiger charge is -2.45. The zero-order valence-electron chi connectivity index (χ0n) is 32.2. The van der Waals surface area contributed by atoms with Crippen LogP contribution in [0.25, 0.3) is 0 Å². The molecule has 5 atom stereocenters. The Morgan fingerprint density at radius 1 is 0.980 bits per heavy atom. The number of hydrogen-bond acceptors (Lipinski definition) is 4. The van der Waals surface area contributed by atoms with Crippen LogP contribution in [0.3, 0.4) is 0 Å². The van der Waals surface area contributed by atoms with E-state index < -0.39 is 35.3 Å². The molecule has 0 spiro atoms. The van der Waals surface area contributed by atoms with E-state index in [9.17, 15) is 22.0 Å². The second kappa shape index (κ2) is 15.1. The van der Waals surface area contributed by atoms with Crippen LogP contribution >= 0.6 is 0 Å². The molecule has 0 amide bonds. The molecule has 3 aliphatic carbocycles. The topological polar surface area (TPSA) is 39.7 Å². The van der Waals surface area contributed by atoms with Crippen LogP contribution in [0.4, 0.5) is 22.0 Å². The lowest BCUT2D eigenvalue weighted by atomic mass is 9.63. The highest BCUT2D eigenvalue weighted by atomic mass is 28.4. The summed E-state index contributed by atoms with van der Waals surface area (Å²) < 4.78 is 83.9. The second-order valence-corrected chi connectivity index (χ2v) is 27.4. The monoisotopic (exact) mass is 733 g/mol. The minimum Gasteiger partial charge on any atom is -0.413 e. The van der Waals surface area contributed by atoms with Crippen molar-refractivity contribution in [3.05, 3.63) is 47.1 Å². The van der Waals surface area contributed by atoms with E-state index in [-0.39, 0.29) is 47.0 Å². The Hall–Kier alpha value is -1.12. The maximum absolute atomic E-state index is 13.2. The van der Waals surface area contributed by atoms with Gasteiger partial charge in [0.15, 0.2) is 16.6 Å². The predicted octanol–water partition coefficient (Wildman–Crippen LogP) is 11.3. The maximum atomic E-state index is 13.2. The smallest absolute Gasteiger partial charge is 0.413 e. The van der Waals surface area contributed by atoms with Crippen LogP contribution in [-0.2, 0) is 13.6 Å². The minimum absolute atomic E-state index is 0.0420. The summed E-state index contributed by atoms with van der Waals surface area (Å²) in [7, 11) is -4.09. The van der Waals surface area contributed by atoms with Gasteiger partial charge in [0.25, 0.3) is 0 Å². The average molecular weight is 734 g/mol. The Bertz CT molecular complexity index is 1280. The lowest BCUT2D eigenvalue weighted by Crippen LogP contribution is -2.49. The van der Waals surface area contributed by atoms with Crippen molar-refractivity contribution in [3.63, 3.8) is 0 Å². The number of fused-ring (bicyclic) bond motifs is 1. The summed E-state index contributed by atoms with van der Waals surface area (Å²) in [4.78, 5) is 0. The third-order valence-electron chi connectivity index (χ3n) is 12.2. The summed E-state index contributed by atoms with van der Waals surface area (Å²) >= 11 is 0. The molecule has 0 aromatic carbocycles. The first-order valence-electron chi connectivity index (χ1n) is 18.0. The molecule has 2 saturated carbocycles. The third kappa shape index (κ3) is 9.86. The molecular weight excluding hydrogens is 670 g/mol. The SMILES string of the molecule is C=C1/C(=C\C=C2/CCC[C@]3(C)C([C@H](C)OCCNCC(F)(F)C(F)(F)F)=CCC23)CC(O[Si](C)(C)C(C)(C)C)CC1O[Si](C)(C)C(C)(C)C. The van der Waals surface area contributed by atoms with Gasteiger partial charge < -0.3 is 18.9 Å². The fourth-order valence-corrected chi connectivity index (χ4v) is 9.66. The Morgan fingerprint density at radius 2 is 1.57 bits per heavy atom. The molecule has 0 bridgehead atoms.